The van der Waals surface area contributed by atoms with Gasteiger partial charge in [-0.25, -0.2) is 17.9 Å². The second-order valence-corrected chi connectivity index (χ2v) is 5.84. The van der Waals surface area contributed by atoms with Crippen molar-refractivity contribution in [3.8, 4) is 6.07 Å². The van der Waals surface area contributed by atoms with Gasteiger partial charge in [-0.05, 0) is 18.2 Å². The molecule has 0 radical (unpaired) electrons. The molecule has 0 amide bonds. The number of nitrogens with zero attached hydrogens (tertiary/aromatic N) is 1. The normalized spacial score (nSPS) is 11.1. The lowest BCUT2D eigenvalue weighted by molar-refractivity contribution is 0.599. The van der Waals surface area contributed by atoms with Gasteiger partial charge in [-0.1, -0.05) is 0 Å². The van der Waals surface area contributed by atoms with E-state index >= 15 is 0 Å². The second kappa shape index (κ2) is 5.30. The SMILES string of the molecule is N#Cc1cc(F)ccc1SCCS(N)(=O)=O. The van der Waals surface area contributed by atoms with Crippen molar-refractivity contribution in [1.29, 1.82) is 5.26 Å². The topological polar surface area (TPSA) is 83.9 Å². The number of sulfonamides is 1. The molecule has 0 atom stereocenters. The number of thioether (sulfide) groups is 1. The predicted octanol–water partition coefficient (Wildman–Crippen LogP) is 1.08. The van der Waals surface area contributed by atoms with E-state index in [2.05, 4.69) is 0 Å². The number of benzene rings is 1. The zero-order valence-corrected chi connectivity index (χ0v) is 9.81. The van der Waals surface area contributed by atoms with Crippen molar-refractivity contribution in [2.24, 2.45) is 5.14 Å². The summed E-state index contributed by atoms with van der Waals surface area (Å²) in [5.74, 6) is -0.439. The Morgan fingerprint density at radius 3 is 2.75 bits per heavy atom. The van der Waals surface area contributed by atoms with Gasteiger partial charge in [-0.2, -0.15) is 5.26 Å². The number of rotatable bonds is 4. The lowest BCUT2D eigenvalue weighted by atomic mass is 10.2. The Hall–Kier alpha value is -1.10. The van der Waals surface area contributed by atoms with E-state index in [0.29, 0.717) is 4.90 Å². The Morgan fingerprint density at radius 1 is 1.50 bits per heavy atom. The smallest absolute Gasteiger partial charge is 0.209 e. The molecular formula is C9H9FN2O2S2. The minimum absolute atomic E-state index is 0.181. The summed E-state index contributed by atoms with van der Waals surface area (Å²) < 4.78 is 34.1. The summed E-state index contributed by atoms with van der Waals surface area (Å²) in [4.78, 5) is 0.549. The number of hydrogen-bond donors (Lipinski definition) is 1. The first-order chi connectivity index (χ1) is 7.42. The Kier molecular flexibility index (Phi) is 4.29. The molecule has 0 heterocycles. The van der Waals surface area contributed by atoms with Gasteiger partial charge in [0.2, 0.25) is 10.0 Å². The lowest BCUT2D eigenvalue weighted by Crippen LogP contribution is -2.17. The maximum absolute atomic E-state index is 12.8. The number of nitrogens with two attached hydrogens (primary N) is 1. The summed E-state index contributed by atoms with van der Waals surface area (Å²) in [5, 5.41) is 13.6. The molecule has 0 aromatic heterocycles. The van der Waals surface area contributed by atoms with Crippen molar-refractivity contribution in [3.63, 3.8) is 0 Å². The van der Waals surface area contributed by atoms with Crippen LogP contribution in [0.5, 0.6) is 0 Å². The number of halogens is 1. The molecule has 86 valence electrons. The highest BCUT2D eigenvalue weighted by Gasteiger charge is 2.07. The quantitative estimate of drug-likeness (QED) is 0.821. The molecule has 0 aliphatic rings. The van der Waals surface area contributed by atoms with Crippen LogP contribution in [0.15, 0.2) is 23.1 Å². The summed E-state index contributed by atoms with van der Waals surface area (Å²) in [7, 11) is -3.50. The third-order valence-electron chi connectivity index (χ3n) is 1.69. The van der Waals surface area contributed by atoms with Gasteiger partial charge in [0.1, 0.15) is 11.9 Å². The molecule has 0 aliphatic carbocycles. The fourth-order valence-electron chi connectivity index (χ4n) is 0.983. The van der Waals surface area contributed by atoms with Gasteiger partial charge in [0.25, 0.3) is 0 Å². The Labute approximate surface area is 97.3 Å². The van der Waals surface area contributed by atoms with E-state index in [4.69, 9.17) is 10.4 Å². The van der Waals surface area contributed by atoms with Crippen molar-refractivity contribution < 1.29 is 12.8 Å². The first-order valence-corrected chi connectivity index (χ1v) is 6.95. The van der Waals surface area contributed by atoms with Crippen LogP contribution in [0.25, 0.3) is 0 Å². The Balaban J connectivity index is 2.72. The molecule has 0 saturated heterocycles. The molecule has 0 saturated carbocycles. The van der Waals surface area contributed by atoms with Crippen molar-refractivity contribution in [1.82, 2.24) is 0 Å². The average Bonchev–Trinajstić information content (AvgIpc) is 2.18. The minimum Gasteiger partial charge on any atom is -0.229 e. The molecule has 0 unspecified atom stereocenters. The molecular weight excluding hydrogens is 251 g/mol. The summed E-state index contributed by atoms with van der Waals surface area (Å²) >= 11 is 1.16. The molecule has 0 fully saturated rings. The summed E-state index contributed by atoms with van der Waals surface area (Å²) in [6.07, 6.45) is 0. The van der Waals surface area contributed by atoms with Gasteiger partial charge in [-0.15, -0.1) is 11.8 Å². The highest BCUT2D eigenvalue weighted by molar-refractivity contribution is 8.00. The van der Waals surface area contributed by atoms with Gasteiger partial charge in [0.05, 0.1) is 11.3 Å². The van der Waals surface area contributed by atoms with Gasteiger partial charge < -0.3 is 0 Å². The number of hydrogen-bond acceptors (Lipinski definition) is 4. The zero-order valence-electron chi connectivity index (χ0n) is 8.18. The van der Waals surface area contributed by atoms with Crippen molar-refractivity contribution in [3.05, 3.63) is 29.6 Å². The Bertz CT molecular complexity index is 523. The van der Waals surface area contributed by atoms with Crippen LogP contribution in [0, 0.1) is 17.1 Å². The standard InChI is InChI=1S/C9H9FN2O2S2/c10-8-1-2-9(7(5-8)6-11)15-3-4-16(12,13)14/h1-2,5H,3-4H2,(H2,12,13,14). The third-order valence-corrected chi connectivity index (χ3v) is 3.79. The van der Waals surface area contributed by atoms with E-state index < -0.39 is 15.8 Å². The average molecular weight is 260 g/mol. The minimum atomic E-state index is -3.50. The van der Waals surface area contributed by atoms with E-state index in [1.54, 1.807) is 0 Å². The van der Waals surface area contributed by atoms with E-state index in [1.165, 1.54) is 12.1 Å². The molecule has 16 heavy (non-hydrogen) atoms. The van der Waals surface area contributed by atoms with E-state index in [-0.39, 0.29) is 17.1 Å². The van der Waals surface area contributed by atoms with E-state index in [9.17, 15) is 12.8 Å². The van der Waals surface area contributed by atoms with E-state index in [0.717, 1.165) is 17.8 Å². The molecule has 1 aromatic carbocycles. The lowest BCUT2D eigenvalue weighted by Gasteiger charge is -2.02. The highest BCUT2D eigenvalue weighted by atomic mass is 32.2. The first kappa shape index (κ1) is 13.0. The molecule has 0 aliphatic heterocycles. The molecule has 0 bridgehead atoms. The molecule has 1 rings (SSSR count). The van der Waals surface area contributed by atoms with Gasteiger partial charge in [0, 0.05) is 10.6 Å². The fraction of sp³-hybridized carbons (Fsp3) is 0.222. The largest absolute Gasteiger partial charge is 0.229 e. The molecule has 4 nitrogen and oxygen atoms in total. The van der Waals surface area contributed by atoms with Crippen LogP contribution in [0.3, 0.4) is 0 Å². The number of primary sulfonamides is 1. The van der Waals surface area contributed by atoms with Gasteiger partial charge >= 0.3 is 0 Å². The number of nitriles is 1. The summed E-state index contributed by atoms with van der Waals surface area (Å²) in [6.45, 7) is 0. The van der Waals surface area contributed by atoms with Crippen LogP contribution in [0.4, 0.5) is 4.39 Å². The monoisotopic (exact) mass is 260 g/mol. The third kappa shape index (κ3) is 4.18. The molecule has 0 spiro atoms. The van der Waals surface area contributed by atoms with Crippen LogP contribution in [0.2, 0.25) is 0 Å². The van der Waals surface area contributed by atoms with Gasteiger partial charge in [-0.3, -0.25) is 0 Å². The fourth-order valence-corrected chi connectivity index (χ4v) is 2.89. The molecule has 1 aromatic rings. The van der Waals surface area contributed by atoms with Crippen LogP contribution in [-0.2, 0) is 10.0 Å². The van der Waals surface area contributed by atoms with Crippen LogP contribution in [-0.4, -0.2) is 19.9 Å². The van der Waals surface area contributed by atoms with Crippen LogP contribution < -0.4 is 5.14 Å². The van der Waals surface area contributed by atoms with Crippen molar-refractivity contribution in [2.45, 2.75) is 4.90 Å². The maximum Gasteiger partial charge on any atom is 0.209 e. The molecule has 7 heteroatoms. The first-order valence-electron chi connectivity index (χ1n) is 4.25. The van der Waals surface area contributed by atoms with Crippen LogP contribution in [0.1, 0.15) is 5.56 Å². The predicted molar refractivity (Wildman–Crippen MR) is 59.8 cm³/mol. The summed E-state index contributed by atoms with van der Waals surface area (Å²) in [5.41, 5.74) is 0.194. The van der Waals surface area contributed by atoms with Crippen LogP contribution >= 0.6 is 11.8 Å². The van der Waals surface area contributed by atoms with Crippen molar-refractivity contribution >= 4 is 21.8 Å². The molecule has 2 N–H and O–H groups in total. The van der Waals surface area contributed by atoms with E-state index in [1.807, 2.05) is 6.07 Å². The second-order valence-electron chi connectivity index (χ2n) is 2.97. The Morgan fingerprint density at radius 2 is 2.19 bits per heavy atom. The van der Waals surface area contributed by atoms with Gasteiger partial charge in [0.15, 0.2) is 0 Å². The highest BCUT2D eigenvalue weighted by Crippen LogP contribution is 2.22. The van der Waals surface area contributed by atoms with Crippen molar-refractivity contribution in [2.75, 3.05) is 11.5 Å². The summed E-state index contributed by atoms with van der Waals surface area (Å²) in [6, 6.07) is 5.62. The zero-order chi connectivity index (χ0) is 12.2. The maximum atomic E-state index is 12.8.